The first-order valence-electron chi connectivity index (χ1n) is 7.17. The summed E-state index contributed by atoms with van der Waals surface area (Å²) in [7, 11) is 0. The van der Waals surface area contributed by atoms with Gasteiger partial charge in [0.15, 0.2) is 0 Å². The molecule has 1 aromatic heterocycles. The summed E-state index contributed by atoms with van der Waals surface area (Å²) in [6.45, 7) is 0. The molecule has 2 N–H and O–H groups in total. The molecule has 0 radical (unpaired) electrons. The van der Waals surface area contributed by atoms with Crippen LogP contribution >= 0.6 is 23.2 Å². The highest BCUT2D eigenvalue weighted by Crippen LogP contribution is 2.16. The number of nitrogens with one attached hydrogen (secondary N) is 2. The van der Waals surface area contributed by atoms with Crippen molar-refractivity contribution < 1.29 is 19.1 Å². The predicted molar refractivity (Wildman–Crippen MR) is 94.3 cm³/mol. The van der Waals surface area contributed by atoms with Crippen molar-refractivity contribution in [1.29, 1.82) is 0 Å². The van der Waals surface area contributed by atoms with Gasteiger partial charge in [0.25, 0.3) is 5.69 Å². The fourth-order valence-electron chi connectivity index (χ4n) is 2.03. The van der Waals surface area contributed by atoms with Crippen molar-refractivity contribution in [1.82, 2.24) is 5.16 Å². The van der Waals surface area contributed by atoms with Crippen molar-refractivity contribution in [3.8, 4) is 0 Å². The molecule has 0 bridgehead atoms. The van der Waals surface area contributed by atoms with Crippen LogP contribution in [-0.2, 0) is 0 Å². The van der Waals surface area contributed by atoms with Crippen LogP contribution in [0.15, 0.2) is 53.2 Å². The van der Waals surface area contributed by atoms with Gasteiger partial charge in [-0.1, -0.05) is 23.2 Å². The van der Waals surface area contributed by atoms with Crippen LogP contribution in [0, 0.1) is 5.21 Å². The van der Waals surface area contributed by atoms with Crippen LogP contribution in [0.25, 0.3) is 0 Å². The van der Waals surface area contributed by atoms with E-state index in [4.69, 9.17) is 23.2 Å². The van der Waals surface area contributed by atoms with Gasteiger partial charge in [0, 0.05) is 21.4 Å². The summed E-state index contributed by atoms with van der Waals surface area (Å²) in [5, 5.41) is 21.0. The van der Waals surface area contributed by atoms with Crippen molar-refractivity contribution in [2.24, 2.45) is 0 Å². The van der Waals surface area contributed by atoms with Crippen LogP contribution in [0.5, 0.6) is 0 Å². The Kier molecular flexibility index (Phi) is 5.06. The van der Waals surface area contributed by atoms with Crippen LogP contribution in [-0.4, -0.2) is 17.0 Å². The lowest BCUT2D eigenvalue weighted by atomic mass is 10.2. The van der Waals surface area contributed by atoms with Crippen molar-refractivity contribution >= 4 is 46.4 Å². The minimum absolute atomic E-state index is 0.137. The molecule has 132 valence electrons. The van der Waals surface area contributed by atoms with E-state index < -0.39 is 23.2 Å². The van der Waals surface area contributed by atoms with E-state index in [9.17, 15) is 14.8 Å². The molecule has 3 aromatic rings. The van der Waals surface area contributed by atoms with Gasteiger partial charge in [0.2, 0.25) is 0 Å². The summed E-state index contributed by atoms with van der Waals surface area (Å²) >= 11 is 11.5. The molecular formula is C16H10Cl2N4O4. The van der Waals surface area contributed by atoms with E-state index in [-0.39, 0.29) is 4.90 Å². The Morgan fingerprint density at radius 1 is 0.885 bits per heavy atom. The Morgan fingerprint density at radius 2 is 1.35 bits per heavy atom. The molecule has 0 unspecified atom stereocenters. The molecule has 0 saturated heterocycles. The molecule has 0 aliphatic carbocycles. The number of hydrogen-bond donors (Lipinski definition) is 2. The number of halogens is 2. The minimum atomic E-state index is -0.857. The Morgan fingerprint density at radius 3 is 1.85 bits per heavy atom. The first-order valence-corrected chi connectivity index (χ1v) is 7.93. The van der Waals surface area contributed by atoms with E-state index in [0.29, 0.717) is 21.4 Å². The largest absolute Gasteiger partial charge is 0.359 e. The average molecular weight is 393 g/mol. The highest BCUT2D eigenvalue weighted by Gasteiger charge is 2.32. The molecule has 0 aliphatic rings. The second kappa shape index (κ2) is 7.42. The van der Waals surface area contributed by atoms with Gasteiger partial charge in [-0.25, -0.2) is 0 Å². The molecule has 1 heterocycles. The van der Waals surface area contributed by atoms with Crippen LogP contribution < -0.4 is 15.5 Å². The third-order valence-electron chi connectivity index (χ3n) is 3.25. The Hall–Kier alpha value is -3.10. The number of carbonyl (C=O) groups excluding carboxylic acids is 2. The summed E-state index contributed by atoms with van der Waals surface area (Å²) in [5.41, 5.74) is -0.249. The molecule has 10 heteroatoms. The zero-order chi connectivity index (χ0) is 18.7. The van der Waals surface area contributed by atoms with Crippen molar-refractivity contribution in [2.45, 2.75) is 0 Å². The van der Waals surface area contributed by atoms with Crippen molar-refractivity contribution in [2.75, 3.05) is 10.6 Å². The molecule has 8 nitrogen and oxygen atoms in total. The van der Waals surface area contributed by atoms with Gasteiger partial charge in [-0.15, -0.1) is 0 Å². The van der Waals surface area contributed by atoms with Crippen LogP contribution in [0.3, 0.4) is 0 Å². The molecule has 2 aromatic carbocycles. The maximum atomic E-state index is 12.3. The molecule has 0 spiro atoms. The summed E-state index contributed by atoms with van der Waals surface area (Å²) in [5.74, 6) is -1.64. The Labute approximate surface area is 156 Å². The average Bonchev–Trinajstić information content (AvgIpc) is 3.01. The third kappa shape index (κ3) is 3.93. The van der Waals surface area contributed by atoms with Crippen molar-refractivity contribution in [3.63, 3.8) is 0 Å². The summed E-state index contributed by atoms with van der Waals surface area (Å²) in [6, 6.07) is 12.4. The second-order valence-electron chi connectivity index (χ2n) is 5.05. The number of carbonyl (C=O) groups is 2. The first kappa shape index (κ1) is 17.7. The number of amides is 2. The number of hydrogen-bond acceptors (Lipinski definition) is 5. The number of benzene rings is 2. The summed E-state index contributed by atoms with van der Waals surface area (Å²) in [4.78, 5) is 24.5. The molecule has 26 heavy (non-hydrogen) atoms. The predicted octanol–water partition coefficient (Wildman–Crippen LogP) is 3.12. The molecule has 3 rings (SSSR count). The van der Waals surface area contributed by atoms with Gasteiger partial charge in [-0.3, -0.25) is 14.2 Å². The van der Waals surface area contributed by atoms with E-state index in [1.54, 1.807) is 36.4 Å². The number of anilines is 2. The standard InChI is InChI=1S/C16H10Cl2N4O4/c17-9-1-5-11(6-2-9)19-15(23)13-14(22(25)26-21-13)16(24)20-12-7-3-10(18)4-8-12/h1-8H,(H,19,23)(H,20,24). The molecule has 2 amide bonds. The van der Waals surface area contributed by atoms with Gasteiger partial charge < -0.3 is 15.8 Å². The highest BCUT2D eigenvalue weighted by molar-refractivity contribution is 6.31. The maximum absolute atomic E-state index is 12.3. The summed E-state index contributed by atoms with van der Waals surface area (Å²) in [6.07, 6.45) is 0. The zero-order valence-corrected chi connectivity index (χ0v) is 14.4. The fourth-order valence-corrected chi connectivity index (χ4v) is 2.29. The fraction of sp³-hybridized carbons (Fsp3) is 0. The molecule has 0 fully saturated rings. The van der Waals surface area contributed by atoms with Gasteiger partial charge in [-0.2, -0.15) is 0 Å². The highest BCUT2D eigenvalue weighted by atomic mass is 35.5. The van der Waals surface area contributed by atoms with E-state index in [1.807, 2.05) is 0 Å². The van der Waals surface area contributed by atoms with Gasteiger partial charge in [0.1, 0.15) is 0 Å². The lowest BCUT2D eigenvalue weighted by molar-refractivity contribution is -0.803. The zero-order valence-electron chi connectivity index (χ0n) is 12.9. The van der Waals surface area contributed by atoms with E-state index in [0.717, 1.165) is 0 Å². The maximum Gasteiger partial charge on any atom is 0.318 e. The van der Waals surface area contributed by atoms with Gasteiger partial charge in [0.05, 0.1) is 5.16 Å². The summed E-state index contributed by atoms with van der Waals surface area (Å²) < 4.78 is 4.40. The van der Waals surface area contributed by atoms with E-state index in [2.05, 4.69) is 20.4 Å². The molecule has 0 saturated carbocycles. The molecule has 0 atom stereocenters. The Balaban J connectivity index is 1.81. The second-order valence-corrected chi connectivity index (χ2v) is 5.92. The quantitative estimate of drug-likeness (QED) is 0.662. The number of nitrogens with zero attached hydrogens (tertiary/aromatic N) is 2. The topological polar surface area (TPSA) is 111 Å². The number of rotatable bonds is 4. The molecule has 0 aliphatic heterocycles. The van der Waals surface area contributed by atoms with Crippen LogP contribution in [0.4, 0.5) is 11.4 Å². The molecular weight excluding hydrogens is 383 g/mol. The van der Waals surface area contributed by atoms with E-state index >= 15 is 0 Å². The van der Waals surface area contributed by atoms with E-state index in [1.165, 1.54) is 12.1 Å². The van der Waals surface area contributed by atoms with Gasteiger partial charge in [-0.05, 0) is 53.4 Å². The van der Waals surface area contributed by atoms with Gasteiger partial charge >= 0.3 is 17.5 Å². The minimum Gasteiger partial charge on any atom is -0.359 e. The number of aromatic nitrogens is 2. The lowest BCUT2D eigenvalue weighted by Gasteiger charge is -2.04. The Bertz CT molecular complexity index is 955. The lowest BCUT2D eigenvalue weighted by Crippen LogP contribution is -2.35. The first-order chi connectivity index (χ1) is 12.4. The van der Waals surface area contributed by atoms with Crippen LogP contribution in [0.1, 0.15) is 21.0 Å². The monoisotopic (exact) mass is 392 g/mol. The smallest absolute Gasteiger partial charge is 0.318 e. The third-order valence-corrected chi connectivity index (χ3v) is 3.75. The van der Waals surface area contributed by atoms with Crippen molar-refractivity contribution in [3.05, 3.63) is 75.2 Å². The SMILES string of the molecule is O=C(Nc1ccc(Cl)cc1)c1no[n+]([O-])c1C(=O)Nc1ccc(Cl)cc1. The normalized spacial score (nSPS) is 10.4. The van der Waals surface area contributed by atoms with Crippen LogP contribution in [0.2, 0.25) is 10.0 Å².